The van der Waals surface area contributed by atoms with Gasteiger partial charge in [-0.15, -0.1) is 24.0 Å². The first-order chi connectivity index (χ1) is 15.4. The van der Waals surface area contributed by atoms with Crippen molar-refractivity contribution in [2.24, 2.45) is 4.99 Å². The van der Waals surface area contributed by atoms with E-state index in [1.165, 1.54) is 11.1 Å². The zero-order valence-corrected chi connectivity index (χ0v) is 22.7. The summed E-state index contributed by atoms with van der Waals surface area (Å²) in [4.78, 5) is 19.1. The maximum absolute atomic E-state index is 12.4. The van der Waals surface area contributed by atoms with Crippen LogP contribution in [0.2, 0.25) is 0 Å². The van der Waals surface area contributed by atoms with Gasteiger partial charge < -0.3 is 25.6 Å². The largest absolute Gasteiger partial charge is 0.496 e. The molecule has 2 aromatic carbocycles. The molecule has 0 fully saturated rings. The SMILES string of the molecule is CCNC(=NCc1cccc(C(=O)NCCN(C)C)c1)NCCc1cc(C)ccc1OC.I. The van der Waals surface area contributed by atoms with Crippen molar-refractivity contribution >= 4 is 35.8 Å². The van der Waals surface area contributed by atoms with Crippen molar-refractivity contribution in [3.8, 4) is 5.75 Å². The summed E-state index contributed by atoms with van der Waals surface area (Å²) in [6, 6.07) is 13.8. The van der Waals surface area contributed by atoms with Gasteiger partial charge in [-0.3, -0.25) is 4.79 Å². The van der Waals surface area contributed by atoms with Crippen LogP contribution in [0.5, 0.6) is 5.75 Å². The summed E-state index contributed by atoms with van der Waals surface area (Å²) in [5.74, 6) is 1.59. The molecule has 8 heteroatoms. The van der Waals surface area contributed by atoms with Gasteiger partial charge in [0.05, 0.1) is 13.7 Å². The van der Waals surface area contributed by atoms with Crippen LogP contribution in [0.25, 0.3) is 0 Å². The molecule has 7 nitrogen and oxygen atoms in total. The number of nitrogens with zero attached hydrogens (tertiary/aromatic N) is 2. The van der Waals surface area contributed by atoms with Crippen LogP contribution >= 0.6 is 24.0 Å². The fraction of sp³-hybridized carbons (Fsp3) is 0.440. The van der Waals surface area contributed by atoms with Gasteiger partial charge in [0.1, 0.15) is 5.75 Å². The van der Waals surface area contributed by atoms with Crippen molar-refractivity contribution < 1.29 is 9.53 Å². The Labute approximate surface area is 215 Å². The number of hydrogen-bond acceptors (Lipinski definition) is 4. The highest BCUT2D eigenvalue weighted by atomic mass is 127. The summed E-state index contributed by atoms with van der Waals surface area (Å²) in [7, 11) is 5.67. The van der Waals surface area contributed by atoms with E-state index >= 15 is 0 Å². The Bertz CT molecular complexity index is 902. The number of ether oxygens (including phenoxy) is 1. The van der Waals surface area contributed by atoms with E-state index < -0.39 is 0 Å². The lowest BCUT2D eigenvalue weighted by molar-refractivity contribution is 0.0951. The number of carbonyl (C=O) groups is 1. The van der Waals surface area contributed by atoms with Crippen LogP contribution in [-0.4, -0.2) is 64.2 Å². The number of aryl methyl sites for hydroxylation is 1. The van der Waals surface area contributed by atoms with E-state index in [-0.39, 0.29) is 29.9 Å². The lowest BCUT2D eigenvalue weighted by atomic mass is 10.1. The maximum Gasteiger partial charge on any atom is 0.251 e. The second kappa shape index (κ2) is 15.5. The van der Waals surface area contributed by atoms with E-state index in [1.807, 2.05) is 56.3 Å². The molecule has 0 unspecified atom stereocenters. The average molecular weight is 568 g/mol. The topological polar surface area (TPSA) is 78.0 Å². The first kappa shape index (κ1) is 28.7. The van der Waals surface area contributed by atoms with Crippen LogP contribution in [0, 0.1) is 6.92 Å². The van der Waals surface area contributed by atoms with Crippen LogP contribution in [0.15, 0.2) is 47.5 Å². The van der Waals surface area contributed by atoms with Crippen molar-refractivity contribution in [1.82, 2.24) is 20.9 Å². The van der Waals surface area contributed by atoms with Gasteiger partial charge in [0, 0.05) is 31.7 Å². The highest BCUT2D eigenvalue weighted by molar-refractivity contribution is 14.0. The lowest BCUT2D eigenvalue weighted by Gasteiger charge is -2.13. The molecular weight excluding hydrogens is 529 g/mol. The van der Waals surface area contributed by atoms with E-state index in [0.717, 1.165) is 43.3 Å². The van der Waals surface area contributed by atoms with E-state index in [2.05, 4.69) is 40.0 Å². The molecule has 2 rings (SSSR count). The van der Waals surface area contributed by atoms with Crippen molar-refractivity contribution in [1.29, 1.82) is 0 Å². The molecule has 2 aromatic rings. The molecule has 0 bridgehead atoms. The van der Waals surface area contributed by atoms with E-state index in [0.29, 0.717) is 18.7 Å². The number of benzene rings is 2. The van der Waals surface area contributed by atoms with Crippen molar-refractivity contribution in [2.45, 2.75) is 26.8 Å². The second-order valence-corrected chi connectivity index (χ2v) is 7.95. The van der Waals surface area contributed by atoms with Crippen LogP contribution in [0.1, 0.15) is 34.0 Å². The lowest BCUT2D eigenvalue weighted by Crippen LogP contribution is -2.38. The van der Waals surface area contributed by atoms with Gasteiger partial charge in [-0.05, 0) is 63.7 Å². The van der Waals surface area contributed by atoms with Crippen molar-refractivity contribution in [2.75, 3.05) is 47.4 Å². The Balaban J connectivity index is 0.00000544. The number of hydrogen-bond donors (Lipinski definition) is 3. The summed E-state index contributed by atoms with van der Waals surface area (Å²) in [6.07, 6.45) is 0.831. The molecule has 182 valence electrons. The number of rotatable bonds is 11. The molecule has 0 saturated carbocycles. The van der Waals surface area contributed by atoms with Crippen molar-refractivity contribution in [3.63, 3.8) is 0 Å². The molecule has 0 radical (unpaired) electrons. The smallest absolute Gasteiger partial charge is 0.251 e. The molecule has 0 aliphatic rings. The molecule has 0 aliphatic carbocycles. The molecule has 0 saturated heterocycles. The fourth-order valence-corrected chi connectivity index (χ4v) is 3.24. The van der Waals surface area contributed by atoms with Gasteiger partial charge in [-0.1, -0.05) is 29.8 Å². The summed E-state index contributed by atoms with van der Waals surface area (Å²) in [5.41, 5.74) is 4.03. The summed E-state index contributed by atoms with van der Waals surface area (Å²) in [5, 5.41) is 9.61. The van der Waals surface area contributed by atoms with E-state index in [4.69, 9.17) is 4.74 Å². The average Bonchev–Trinajstić information content (AvgIpc) is 2.77. The monoisotopic (exact) mass is 567 g/mol. The van der Waals surface area contributed by atoms with Crippen molar-refractivity contribution in [3.05, 3.63) is 64.7 Å². The number of nitrogens with one attached hydrogen (secondary N) is 3. The second-order valence-electron chi connectivity index (χ2n) is 7.95. The maximum atomic E-state index is 12.4. The standard InChI is InChI=1S/C25H37N5O2.HI/c1-6-26-25(28-13-12-21-16-19(2)10-11-23(21)32-5)29-18-20-8-7-9-22(17-20)24(31)27-14-15-30(3)4;/h7-11,16-17H,6,12-15,18H2,1-5H3,(H,27,31)(H2,26,28,29);1H. The molecule has 0 spiro atoms. The first-order valence-electron chi connectivity index (χ1n) is 11.1. The third kappa shape index (κ3) is 10.4. The van der Waals surface area contributed by atoms with Crippen LogP contribution in [-0.2, 0) is 13.0 Å². The quantitative estimate of drug-likeness (QED) is 0.221. The Kier molecular flexibility index (Phi) is 13.5. The number of amides is 1. The molecule has 0 aromatic heterocycles. The molecular formula is C25H38IN5O2. The van der Waals surface area contributed by atoms with Crippen LogP contribution in [0.4, 0.5) is 0 Å². The molecule has 0 atom stereocenters. The minimum absolute atomic E-state index is 0. The Morgan fingerprint density at radius 3 is 2.55 bits per heavy atom. The molecule has 0 aliphatic heterocycles. The molecule has 33 heavy (non-hydrogen) atoms. The number of methoxy groups -OCH3 is 1. The normalized spacial score (nSPS) is 11.0. The van der Waals surface area contributed by atoms with Gasteiger partial charge in [0.2, 0.25) is 0 Å². The number of halogens is 1. The number of aliphatic imine (C=N–C) groups is 1. The number of likely N-dealkylation sites (N-methyl/N-ethyl adjacent to an activating group) is 1. The minimum Gasteiger partial charge on any atom is -0.496 e. The van der Waals surface area contributed by atoms with Crippen LogP contribution in [0.3, 0.4) is 0 Å². The summed E-state index contributed by atoms with van der Waals surface area (Å²) in [6.45, 7) is 7.55. The number of carbonyl (C=O) groups excluding carboxylic acids is 1. The third-order valence-corrected chi connectivity index (χ3v) is 4.92. The first-order valence-corrected chi connectivity index (χ1v) is 11.1. The van der Waals surface area contributed by atoms with E-state index in [9.17, 15) is 4.79 Å². The number of guanidine groups is 1. The Morgan fingerprint density at radius 2 is 1.85 bits per heavy atom. The minimum atomic E-state index is -0.0604. The summed E-state index contributed by atoms with van der Waals surface area (Å²) < 4.78 is 5.47. The van der Waals surface area contributed by atoms with E-state index in [1.54, 1.807) is 7.11 Å². The van der Waals surface area contributed by atoms with Gasteiger partial charge >= 0.3 is 0 Å². The Morgan fingerprint density at radius 1 is 1.06 bits per heavy atom. The van der Waals surface area contributed by atoms with Crippen LogP contribution < -0.4 is 20.7 Å². The van der Waals surface area contributed by atoms with Gasteiger partial charge in [-0.2, -0.15) is 0 Å². The zero-order chi connectivity index (χ0) is 23.3. The molecule has 0 heterocycles. The molecule has 3 N–H and O–H groups in total. The zero-order valence-electron chi connectivity index (χ0n) is 20.4. The van der Waals surface area contributed by atoms with Gasteiger partial charge in [-0.25, -0.2) is 4.99 Å². The third-order valence-electron chi connectivity index (χ3n) is 4.92. The van der Waals surface area contributed by atoms with Gasteiger partial charge in [0.15, 0.2) is 5.96 Å². The highest BCUT2D eigenvalue weighted by Gasteiger charge is 2.07. The van der Waals surface area contributed by atoms with Gasteiger partial charge in [0.25, 0.3) is 5.91 Å². The molecule has 1 amide bonds. The predicted octanol–water partition coefficient (Wildman–Crippen LogP) is 3.21. The highest BCUT2D eigenvalue weighted by Crippen LogP contribution is 2.19. The Hall–Kier alpha value is -2.33. The predicted molar refractivity (Wildman–Crippen MR) is 147 cm³/mol. The fourth-order valence-electron chi connectivity index (χ4n) is 3.24. The summed E-state index contributed by atoms with van der Waals surface area (Å²) >= 11 is 0.